The lowest BCUT2D eigenvalue weighted by atomic mass is 10.3. The second-order valence-corrected chi connectivity index (χ2v) is 2.57. The van der Waals surface area contributed by atoms with Gasteiger partial charge in [0.1, 0.15) is 6.61 Å². The minimum atomic E-state index is -0.465. The Kier molecular flexibility index (Phi) is 2.87. The smallest absolute Gasteiger partial charge is 0.334 e. The maximum absolute atomic E-state index is 10.9. The van der Waals surface area contributed by atoms with E-state index in [1.165, 1.54) is 7.11 Å². The molecule has 1 heterocycles. The molecule has 5 heteroatoms. The van der Waals surface area contributed by atoms with Gasteiger partial charge in [-0.15, -0.1) is 0 Å². The topological polar surface area (TPSA) is 47.9 Å². The van der Waals surface area contributed by atoms with Gasteiger partial charge in [0.25, 0.3) is 0 Å². The minimum Gasteiger partial charge on any atom is -0.477 e. The van der Waals surface area contributed by atoms with Crippen LogP contribution in [-0.4, -0.2) is 37.0 Å². The highest BCUT2D eigenvalue weighted by molar-refractivity contribution is 9.09. The molecule has 1 aliphatic rings. The van der Waals surface area contributed by atoms with E-state index in [2.05, 4.69) is 25.7 Å². The first-order chi connectivity index (χ1) is 5.27. The highest BCUT2D eigenvalue weighted by atomic mass is 79.9. The van der Waals surface area contributed by atoms with Crippen molar-refractivity contribution in [3.63, 3.8) is 0 Å². The molecule has 1 unspecified atom stereocenters. The van der Waals surface area contributed by atoms with Gasteiger partial charge in [0.15, 0.2) is 11.9 Å². The fourth-order valence-corrected chi connectivity index (χ4v) is 1.06. The third-order valence-electron chi connectivity index (χ3n) is 1.30. The number of rotatable bonds is 2. The molecule has 4 nitrogen and oxygen atoms in total. The number of esters is 1. The van der Waals surface area contributed by atoms with Crippen molar-refractivity contribution < 1.29 is 14.3 Å². The Bertz CT molecular complexity index is 192. The van der Waals surface area contributed by atoms with Gasteiger partial charge in [0, 0.05) is 0 Å². The summed E-state index contributed by atoms with van der Waals surface area (Å²) in [6.07, 6.45) is 0. The first-order valence-electron chi connectivity index (χ1n) is 3.11. The average molecular weight is 222 g/mol. The van der Waals surface area contributed by atoms with Gasteiger partial charge < -0.3 is 9.47 Å². The molecule has 0 radical (unpaired) electrons. The third kappa shape index (κ3) is 1.92. The summed E-state index contributed by atoms with van der Waals surface area (Å²) in [5, 5.41) is 0.542. The van der Waals surface area contributed by atoms with Gasteiger partial charge in [0.05, 0.1) is 12.4 Å². The van der Waals surface area contributed by atoms with Crippen molar-refractivity contribution in [1.29, 1.82) is 0 Å². The summed E-state index contributed by atoms with van der Waals surface area (Å²) >= 11 is 3.17. The number of carbonyl (C=O) groups is 1. The summed E-state index contributed by atoms with van der Waals surface area (Å²) in [5.74, 6) is 0.210. The first-order valence-corrected chi connectivity index (χ1v) is 4.23. The molecule has 0 aromatic heterocycles. The summed E-state index contributed by atoms with van der Waals surface area (Å²) in [5.41, 5.74) is 0. The van der Waals surface area contributed by atoms with Gasteiger partial charge in [-0.25, -0.2) is 9.79 Å². The lowest BCUT2D eigenvalue weighted by Gasteiger charge is -1.99. The molecule has 0 aromatic rings. The zero-order chi connectivity index (χ0) is 8.27. The molecule has 0 N–H and O–H groups in total. The summed E-state index contributed by atoms with van der Waals surface area (Å²) in [6.45, 7) is 0.299. The van der Waals surface area contributed by atoms with Crippen LogP contribution in [0.3, 0.4) is 0 Å². The highest BCUT2D eigenvalue weighted by Gasteiger charge is 2.25. The van der Waals surface area contributed by atoms with Crippen LogP contribution in [-0.2, 0) is 14.3 Å². The number of ether oxygens (including phenoxy) is 2. The van der Waals surface area contributed by atoms with Gasteiger partial charge in [-0.05, 0) is 0 Å². The molecule has 0 amide bonds. The molecule has 1 aliphatic heterocycles. The number of hydrogen-bond acceptors (Lipinski definition) is 4. The Hall–Kier alpha value is -0.580. The largest absolute Gasteiger partial charge is 0.477 e. The standard InChI is InChI=1S/C6H8BrNO3/c1-10-6(9)4-3-11-5(2-7)8-4/h4H,2-3H2,1H3. The zero-order valence-electron chi connectivity index (χ0n) is 6.04. The third-order valence-corrected chi connectivity index (χ3v) is 1.77. The maximum Gasteiger partial charge on any atom is 0.334 e. The molecule has 62 valence electrons. The molecule has 0 fully saturated rings. The second kappa shape index (κ2) is 3.71. The lowest BCUT2D eigenvalue weighted by Crippen LogP contribution is -2.21. The summed E-state index contributed by atoms with van der Waals surface area (Å²) in [7, 11) is 1.34. The summed E-state index contributed by atoms with van der Waals surface area (Å²) in [4.78, 5) is 14.8. The van der Waals surface area contributed by atoms with Crippen LogP contribution in [0.4, 0.5) is 0 Å². The van der Waals surface area contributed by atoms with E-state index in [1.54, 1.807) is 0 Å². The van der Waals surface area contributed by atoms with Crippen LogP contribution in [0.1, 0.15) is 0 Å². The van der Waals surface area contributed by atoms with Gasteiger partial charge in [-0.3, -0.25) is 0 Å². The van der Waals surface area contributed by atoms with E-state index < -0.39 is 6.04 Å². The molecule has 1 rings (SSSR count). The maximum atomic E-state index is 10.9. The molecule has 1 atom stereocenters. The van der Waals surface area contributed by atoms with E-state index in [9.17, 15) is 4.79 Å². The number of carbonyl (C=O) groups excluding carboxylic acids is 1. The number of aliphatic imine (C=N–C) groups is 1. The Balaban J connectivity index is 2.52. The molecule has 0 bridgehead atoms. The van der Waals surface area contributed by atoms with Crippen molar-refractivity contribution in [2.45, 2.75) is 6.04 Å². The number of alkyl halides is 1. The Labute approximate surface area is 72.7 Å². The molecule has 0 aliphatic carbocycles. The van der Waals surface area contributed by atoms with Crippen molar-refractivity contribution in [3.05, 3.63) is 0 Å². The van der Waals surface area contributed by atoms with E-state index in [1.807, 2.05) is 0 Å². The number of nitrogens with zero attached hydrogens (tertiary/aromatic N) is 1. The van der Waals surface area contributed by atoms with E-state index in [-0.39, 0.29) is 5.97 Å². The van der Waals surface area contributed by atoms with Crippen molar-refractivity contribution in [3.8, 4) is 0 Å². The quantitative estimate of drug-likeness (QED) is 0.500. The van der Waals surface area contributed by atoms with E-state index in [4.69, 9.17) is 4.74 Å². The van der Waals surface area contributed by atoms with Crippen LogP contribution in [0.2, 0.25) is 0 Å². The Morgan fingerprint density at radius 1 is 2.00 bits per heavy atom. The average Bonchev–Trinajstić information content (AvgIpc) is 2.50. The van der Waals surface area contributed by atoms with Crippen molar-refractivity contribution >= 4 is 27.8 Å². The molecule has 0 saturated carbocycles. The fourth-order valence-electron chi connectivity index (χ4n) is 0.753. The molecule has 0 saturated heterocycles. The van der Waals surface area contributed by atoms with Crippen LogP contribution in [0.25, 0.3) is 0 Å². The minimum absolute atomic E-state index is 0.299. The monoisotopic (exact) mass is 221 g/mol. The number of methoxy groups -OCH3 is 1. The van der Waals surface area contributed by atoms with Gasteiger partial charge in [-0.1, -0.05) is 15.9 Å². The molecular weight excluding hydrogens is 214 g/mol. The van der Waals surface area contributed by atoms with Crippen LogP contribution in [0, 0.1) is 0 Å². The van der Waals surface area contributed by atoms with E-state index in [0.29, 0.717) is 17.8 Å². The predicted octanol–water partition coefficient (Wildman–Crippen LogP) is 0.352. The predicted molar refractivity (Wildman–Crippen MR) is 43.0 cm³/mol. The number of hydrogen-bond donors (Lipinski definition) is 0. The van der Waals surface area contributed by atoms with Crippen LogP contribution >= 0.6 is 15.9 Å². The summed E-state index contributed by atoms with van der Waals surface area (Å²) < 4.78 is 9.53. The molecular formula is C6H8BrNO3. The summed E-state index contributed by atoms with van der Waals surface area (Å²) in [6, 6.07) is -0.465. The van der Waals surface area contributed by atoms with Crippen molar-refractivity contribution in [2.75, 3.05) is 19.0 Å². The van der Waals surface area contributed by atoms with Gasteiger partial charge >= 0.3 is 5.97 Å². The zero-order valence-corrected chi connectivity index (χ0v) is 7.63. The van der Waals surface area contributed by atoms with Crippen LogP contribution < -0.4 is 0 Å². The van der Waals surface area contributed by atoms with Gasteiger partial charge in [0.2, 0.25) is 0 Å². The second-order valence-electron chi connectivity index (χ2n) is 2.01. The SMILES string of the molecule is COC(=O)C1COC(CBr)=N1. The molecule has 11 heavy (non-hydrogen) atoms. The fraction of sp³-hybridized carbons (Fsp3) is 0.667. The normalized spacial score (nSPS) is 22.4. The number of halogens is 1. The Morgan fingerprint density at radius 2 is 2.73 bits per heavy atom. The highest BCUT2D eigenvalue weighted by Crippen LogP contribution is 2.07. The first kappa shape index (κ1) is 8.52. The van der Waals surface area contributed by atoms with E-state index in [0.717, 1.165) is 0 Å². The van der Waals surface area contributed by atoms with Gasteiger partial charge in [-0.2, -0.15) is 0 Å². The van der Waals surface area contributed by atoms with Crippen LogP contribution in [0.15, 0.2) is 4.99 Å². The lowest BCUT2D eigenvalue weighted by molar-refractivity contribution is -0.142. The Morgan fingerprint density at radius 3 is 3.18 bits per heavy atom. The molecule has 0 aromatic carbocycles. The molecule has 0 spiro atoms. The van der Waals surface area contributed by atoms with Crippen molar-refractivity contribution in [1.82, 2.24) is 0 Å². The van der Waals surface area contributed by atoms with E-state index >= 15 is 0 Å². The van der Waals surface area contributed by atoms with Crippen LogP contribution in [0.5, 0.6) is 0 Å². The van der Waals surface area contributed by atoms with Crippen molar-refractivity contribution in [2.24, 2.45) is 4.99 Å².